The fourth-order valence-corrected chi connectivity index (χ4v) is 5.08. The summed E-state index contributed by atoms with van der Waals surface area (Å²) < 4.78 is 6.08. The van der Waals surface area contributed by atoms with Gasteiger partial charge < -0.3 is 20.7 Å². The number of pyridine rings is 1. The van der Waals surface area contributed by atoms with Crippen LogP contribution >= 0.6 is 0 Å². The molecule has 4 aromatic rings. The minimum atomic E-state index is -0.161. The van der Waals surface area contributed by atoms with Crippen molar-refractivity contribution in [3.05, 3.63) is 113 Å². The Hall–Kier alpha value is -4.00. The molecule has 0 aliphatic carbocycles. The monoisotopic (exact) mass is 536 g/mol. The molecular formula is C34H40N4O2. The number of ether oxygens (including phenoxy) is 1. The number of benzene rings is 3. The van der Waals surface area contributed by atoms with Crippen molar-refractivity contribution in [3.63, 3.8) is 0 Å². The average molecular weight is 537 g/mol. The summed E-state index contributed by atoms with van der Waals surface area (Å²) in [5, 5.41) is 3.18. The topological polar surface area (TPSA) is 80.5 Å². The molecule has 3 aromatic carbocycles. The number of nitrogens with two attached hydrogens (primary N) is 1. The van der Waals surface area contributed by atoms with Crippen molar-refractivity contribution in [2.75, 3.05) is 36.5 Å². The van der Waals surface area contributed by atoms with Crippen LogP contribution in [-0.2, 0) is 11.3 Å². The Kier molecular flexibility index (Phi) is 10.1. The molecule has 6 heteroatoms. The van der Waals surface area contributed by atoms with Crippen molar-refractivity contribution in [1.29, 1.82) is 0 Å². The third-order valence-corrected chi connectivity index (χ3v) is 6.75. The van der Waals surface area contributed by atoms with Crippen LogP contribution < -0.4 is 16.0 Å². The summed E-state index contributed by atoms with van der Waals surface area (Å²) in [6.45, 7) is 11.2. The van der Waals surface area contributed by atoms with Crippen LogP contribution in [0.4, 0.5) is 11.4 Å². The summed E-state index contributed by atoms with van der Waals surface area (Å²) in [4.78, 5) is 20.3. The molecule has 0 fully saturated rings. The number of nitrogens with one attached hydrogen (secondary N) is 1. The van der Waals surface area contributed by atoms with Crippen LogP contribution in [0.3, 0.4) is 0 Å². The highest BCUT2D eigenvalue weighted by atomic mass is 16.5. The van der Waals surface area contributed by atoms with Crippen LogP contribution in [0.15, 0.2) is 79.1 Å². The van der Waals surface area contributed by atoms with E-state index in [0.29, 0.717) is 37.6 Å². The number of hydrogen-bond donors (Lipinski definition) is 2. The molecule has 0 saturated heterocycles. The van der Waals surface area contributed by atoms with Crippen LogP contribution in [0.25, 0.3) is 11.1 Å². The molecule has 1 aromatic heterocycles. The molecule has 0 atom stereocenters. The number of nitrogens with zero attached hydrogens (tertiary/aromatic N) is 2. The fraction of sp³-hybridized carbons (Fsp3) is 0.294. The van der Waals surface area contributed by atoms with Gasteiger partial charge in [0.2, 0.25) is 0 Å². The third-order valence-electron chi connectivity index (χ3n) is 6.75. The predicted octanol–water partition coefficient (Wildman–Crippen LogP) is 6.61. The molecule has 0 saturated carbocycles. The van der Waals surface area contributed by atoms with E-state index < -0.39 is 0 Å². The SMILES string of the molecule is Cc1cc(C)cc(C(=O)Nc2cncc(-c3cc(C)cc(C)c3)c2N(CCCN)CCOCc2ccccc2)c1. The molecule has 6 nitrogen and oxygen atoms in total. The van der Waals surface area contributed by atoms with Crippen LogP contribution in [0.5, 0.6) is 0 Å². The van der Waals surface area contributed by atoms with E-state index >= 15 is 0 Å². The maximum Gasteiger partial charge on any atom is 0.255 e. The van der Waals surface area contributed by atoms with Crippen molar-refractivity contribution in [2.24, 2.45) is 5.73 Å². The first-order valence-electron chi connectivity index (χ1n) is 13.9. The summed E-state index contributed by atoms with van der Waals surface area (Å²) in [7, 11) is 0. The minimum Gasteiger partial charge on any atom is -0.375 e. The van der Waals surface area contributed by atoms with Gasteiger partial charge in [-0.1, -0.05) is 76.9 Å². The summed E-state index contributed by atoms with van der Waals surface area (Å²) in [5.74, 6) is -0.161. The minimum absolute atomic E-state index is 0.161. The Bertz CT molecular complexity index is 1400. The molecule has 0 spiro atoms. The summed E-state index contributed by atoms with van der Waals surface area (Å²) in [6, 6.07) is 22.5. The molecule has 4 rings (SSSR count). The second kappa shape index (κ2) is 13.9. The van der Waals surface area contributed by atoms with Gasteiger partial charge >= 0.3 is 0 Å². The van der Waals surface area contributed by atoms with Crippen molar-refractivity contribution < 1.29 is 9.53 Å². The lowest BCUT2D eigenvalue weighted by Crippen LogP contribution is -2.31. The van der Waals surface area contributed by atoms with E-state index in [-0.39, 0.29) is 5.91 Å². The van der Waals surface area contributed by atoms with Crippen LogP contribution in [0, 0.1) is 27.7 Å². The summed E-state index contributed by atoms with van der Waals surface area (Å²) >= 11 is 0. The number of anilines is 2. The number of carbonyl (C=O) groups excluding carboxylic acids is 1. The smallest absolute Gasteiger partial charge is 0.255 e. The third kappa shape index (κ3) is 7.78. The van der Waals surface area contributed by atoms with Gasteiger partial charge in [0.1, 0.15) is 0 Å². The van der Waals surface area contributed by atoms with Crippen LogP contribution in [0.2, 0.25) is 0 Å². The van der Waals surface area contributed by atoms with Crippen LogP contribution in [-0.4, -0.2) is 37.1 Å². The first-order valence-corrected chi connectivity index (χ1v) is 13.9. The zero-order chi connectivity index (χ0) is 28.5. The van der Waals surface area contributed by atoms with Gasteiger partial charge in [0, 0.05) is 30.4 Å². The molecular weight excluding hydrogens is 496 g/mol. The van der Waals surface area contributed by atoms with Crippen molar-refractivity contribution >= 4 is 17.3 Å². The van der Waals surface area contributed by atoms with Crippen molar-refractivity contribution in [3.8, 4) is 11.1 Å². The summed E-state index contributed by atoms with van der Waals surface area (Å²) in [6.07, 6.45) is 4.43. The maximum absolute atomic E-state index is 13.5. The molecule has 0 radical (unpaired) electrons. The molecule has 40 heavy (non-hydrogen) atoms. The maximum atomic E-state index is 13.5. The lowest BCUT2D eigenvalue weighted by atomic mass is 9.99. The van der Waals surface area contributed by atoms with Gasteiger partial charge in [0.25, 0.3) is 5.91 Å². The molecule has 0 aliphatic rings. The van der Waals surface area contributed by atoms with E-state index in [0.717, 1.165) is 46.5 Å². The molecule has 1 heterocycles. The van der Waals surface area contributed by atoms with Gasteiger partial charge in [0.15, 0.2) is 0 Å². The number of hydrogen-bond acceptors (Lipinski definition) is 5. The van der Waals surface area contributed by atoms with E-state index in [2.05, 4.69) is 65.4 Å². The normalized spacial score (nSPS) is 10.9. The first-order chi connectivity index (χ1) is 19.3. The van der Waals surface area contributed by atoms with Gasteiger partial charge in [-0.2, -0.15) is 0 Å². The largest absolute Gasteiger partial charge is 0.375 e. The number of aryl methyl sites for hydroxylation is 4. The molecule has 208 valence electrons. The van der Waals surface area contributed by atoms with Gasteiger partial charge in [-0.3, -0.25) is 9.78 Å². The van der Waals surface area contributed by atoms with Gasteiger partial charge in [-0.05, 0) is 63.9 Å². The second-order valence-electron chi connectivity index (χ2n) is 10.5. The van der Waals surface area contributed by atoms with E-state index in [9.17, 15) is 4.79 Å². The van der Waals surface area contributed by atoms with E-state index in [4.69, 9.17) is 10.5 Å². The fourth-order valence-electron chi connectivity index (χ4n) is 5.08. The Morgan fingerprint density at radius 3 is 2.17 bits per heavy atom. The zero-order valence-corrected chi connectivity index (χ0v) is 24.0. The molecule has 0 unspecified atom stereocenters. The van der Waals surface area contributed by atoms with E-state index in [1.165, 1.54) is 11.1 Å². The Labute approximate surface area is 238 Å². The molecule has 1 amide bonds. The Morgan fingerprint density at radius 2 is 1.52 bits per heavy atom. The van der Waals surface area contributed by atoms with E-state index in [1.54, 1.807) is 6.20 Å². The van der Waals surface area contributed by atoms with Gasteiger partial charge in [0.05, 0.1) is 30.8 Å². The first kappa shape index (κ1) is 29.0. The number of amides is 1. The lowest BCUT2D eigenvalue weighted by molar-refractivity contribution is 0.102. The van der Waals surface area contributed by atoms with E-state index in [1.807, 2.05) is 50.4 Å². The lowest BCUT2D eigenvalue weighted by Gasteiger charge is -2.29. The van der Waals surface area contributed by atoms with Gasteiger partial charge in [-0.15, -0.1) is 0 Å². The molecule has 0 aliphatic heterocycles. The van der Waals surface area contributed by atoms with Crippen LogP contribution in [0.1, 0.15) is 44.6 Å². The number of aromatic nitrogens is 1. The van der Waals surface area contributed by atoms with Crippen molar-refractivity contribution in [2.45, 2.75) is 40.7 Å². The molecule has 3 N–H and O–H groups in total. The highest BCUT2D eigenvalue weighted by Crippen LogP contribution is 2.38. The molecule has 0 bridgehead atoms. The average Bonchev–Trinajstić information content (AvgIpc) is 2.92. The quantitative estimate of drug-likeness (QED) is 0.199. The predicted molar refractivity (Wildman–Crippen MR) is 165 cm³/mol. The Balaban J connectivity index is 1.70. The second-order valence-corrected chi connectivity index (χ2v) is 10.5. The number of rotatable bonds is 12. The van der Waals surface area contributed by atoms with Crippen molar-refractivity contribution in [1.82, 2.24) is 4.98 Å². The number of carbonyl (C=O) groups is 1. The zero-order valence-electron chi connectivity index (χ0n) is 24.0. The van der Waals surface area contributed by atoms with Gasteiger partial charge in [-0.25, -0.2) is 0 Å². The standard InChI is InChI=1S/C34H40N4O2/c1-24-15-25(2)18-29(17-24)31-21-36-22-32(37-34(39)30-19-26(3)16-27(4)20-30)33(31)38(12-8-11-35)13-14-40-23-28-9-6-5-7-10-28/h5-7,9-10,15-22H,8,11-14,23,35H2,1-4H3,(H,37,39). The summed E-state index contributed by atoms with van der Waals surface area (Å²) in [5.41, 5.74) is 15.8. The Morgan fingerprint density at radius 1 is 0.875 bits per heavy atom. The highest BCUT2D eigenvalue weighted by Gasteiger charge is 2.20. The highest BCUT2D eigenvalue weighted by molar-refractivity contribution is 6.07.